The number of ether oxygens (including phenoxy) is 3. The van der Waals surface area contributed by atoms with E-state index in [1.165, 1.54) is 13.2 Å². The Hall–Kier alpha value is -2.59. The zero-order chi connectivity index (χ0) is 21.4. The summed E-state index contributed by atoms with van der Waals surface area (Å²) in [5.41, 5.74) is -0.946. The lowest BCUT2D eigenvalue weighted by Gasteiger charge is -2.15. The maximum absolute atomic E-state index is 13.0. The first-order valence-corrected chi connectivity index (χ1v) is 9.06. The molecule has 0 aromatic heterocycles. The van der Waals surface area contributed by atoms with E-state index in [0.717, 1.165) is 18.2 Å². The maximum Gasteiger partial charge on any atom is 0.416 e. The van der Waals surface area contributed by atoms with E-state index in [1.54, 1.807) is 18.2 Å². The van der Waals surface area contributed by atoms with Gasteiger partial charge in [0.15, 0.2) is 6.61 Å². The number of methoxy groups -OCH3 is 1. The number of carbonyl (C=O) groups excluding carboxylic acids is 2. The molecular formula is C19H17BrF3NO5. The molecule has 2 aromatic carbocycles. The highest BCUT2D eigenvalue weighted by atomic mass is 79.9. The molecule has 1 amide bonds. The van der Waals surface area contributed by atoms with Crippen LogP contribution in [0.3, 0.4) is 0 Å². The van der Waals surface area contributed by atoms with E-state index < -0.39 is 30.2 Å². The van der Waals surface area contributed by atoms with E-state index in [0.29, 0.717) is 4.47 Å². The number of hydrogen-bond acceptors (Lipinski definition) is 5. The molecular weight excluding hydrogens is 459 g/mol. The molecule has 0 saturated heterocycles. The molecule has 29 heavy (non-hydrogen) atoms. The van der Waals surface area contributed by atoms with Crippen molar-refractivity contribution in [3.05, 3.63) is 58.1 Å². The van der Waals surface area contributed by atoms with Gasteiger partial charge in [-0.2, -0.15) is 13.2 Å². The van der Waals surface area contributed by atoms with Crippen molar-refractivity contribution in [1.29, 1.82) is 0 Å². The average molecular weight is 476 g/mol. The fourth-order valence-electron chi connectivity index (χ4n) is 2.19. The van der Waals surface area contributed by atoms with E-state index in [9.17, 15) is 22.8 Å². The Morgan fingerprint density at radius 1 is 1.10 bits per heavy atom. The van der Waals surface area contributed by atoms with Crippen molar-refractivity contribution < 1.29 is 37.0 Å². The minimum Gasteiger partial charge on any atom is -0.489 e. The molecule has 0 fully saturated rings. The van der Waals surface area contributed by atoms with Gasteiger partial charge in [-0.1, -0.05) is 12.1 Å². The van der Waals surface area contributed by atoms with Gasteiger partial charge in [-0.3, -0.25) is 4.79 Å². The lowest BCUT2D eigenvalue weighted by atomic mass is 10.1. The SMILES string of the molecule is COCCOc1ccc(C(F)(F)F)cc1NC(=O)COC(=O)c1ccccc1Br. The summed E-state index contributed by atoms with van der Waals surface area (Å²) in [6.45, 7) is -0.409. The number of nitrogens with one attached hydrogen (secondary N) is 1. The first kappa shape index (κ1) is 22.7. The number of benzene rings is 2. The highest BCUT2D eigenvalue weighted by molar-refractivity contribution is 9.10. The Labute approximate surface area is 173 Å². The molecule has 0 radical (unpaired) electrons. The van der Waals surface area contributed by atoms with Gasteiger partial charge >= 0.3 is 12.1 Å². The zero-order valence-corrected chi connectivity index (χ0v) is 16.8. The van der Waals surface area contributed by atoms with Crippen LogP contribution < -0.4 is 10.1 Å². The number of halogens is 4. The molecule has 0 spiro atoms. The number of rotatable bonds is 8. The third-order valence-electron chi connectivity index (χ3n) is 3.55. The molecule has 2 aromatic rings. The van der Waals surface area contributed by atoms with Crippen molar-refractivity contribution >= 4 is 33.5 Å². The lowest BCUT2D eigenvalue weighted by molar-refractivity contribution is -0.137. The third kappa shape index (κ3) is 6.75. The Morgan fingerprint density at radius 2 is 1.83 bits per heavy atom. The smallest absolute Gasteiger partial charge is 0.416 e. The van der Waals surface area contributed by atoms with Crippen LogP contribution >= 0.6 is 15.9 Å². The number of alkyl halides is 3. The number of anilines is 1. The quantitative estimate of drug-likeness (QED) is 0.455. The van der Waals surface area contributed by atoms with Gasteiger partial charge in [0.05, 0.1) is 23.4 Å². The van der Waals surface area contributed by atoms with Crippen LogP contribution in [0.5, 0.6) is 5.75 Å². The summed E-state index contributed by atoms with van der Waals surface area (Å²) in [4.78, 5) is 24.1. The second-order valence-corrected chi connectivity index (χ2v) is 6.51. The van der Waals surface area contributed by atoms with Crippen LogP contribution in [-0.4, -0.2) is 38.8 Å². The van der Waals surface area contributed by atoms with Crippen molar-refractivity contribution in [1.82, 2.24) is 0 Å². The molecule has 2 rings (SSSR count). The van der Waals surface area contributed by atoms with Crippen molar-refractivity contribution in [2.24, 2.45) is 0 Å². The molecule has 10 heteroatoms. The summed E-state index contributed by atoms with van der Waals surface area (Å²) in [7, 11) is 1.44. The van der Waals surface area contributed by atoms with Crippen LogP contribution in [0.15, 0.2) is 46.9 Å². The van der Waals surface area contributed by atoms with Crippen LogP contribution in [-0.2, 0) is 20.4 Å². The van der Waals surface area contributed by atoms with E-state index in [4.69, 9.17) is 14.2 Å². The van der Waals surface area contributed by atoms with Crippen LogP contribution in [0.2, 0.25) is 0 Å². The topological polar surface area (TPSA) is 73.9 Å². The van der Waals surface area contributed by atoms with Crippen molar-refractivity contribution in [2.75, 3.05) is 32.2 Å². The third-order valence-corrected chi connectivity index (χ3v) is 4.25. The molecule has 0 heterocycles. The predicted octanol–water partition coefficient (Wildman–Crippen LogP) is 4.29. The minimum absolute atomic E-state index is 0.0283. The molecule has 0 atom stereocenters. The number of esters is 1. The highest BCUT2D eigenvalue weighted by Gasteiger charge is 2.31. The van der Waals surface area contributed by atoms with E-state index in [1.807, 2.05) is 0 Å². The maximum atomic E-state index is 13.0. The van der Waals surface area contributed by atoms with Crippen molar-refractivity contribution in [3.63, 3.8) is 0 Å². The molecule has 6 nitrogen and oxygen atoms in total. The standard InChI is InChI=1S/C19H17BrF3NO5/c1-27-8-9-28-16-7-6-12(19(21,22)23)10-15(16)24-17(25)11-29-18(26)13-4-2-3-5-14(13)20/h2-7,10H,8-9,11H2,1H3,(H,24,25). The zero-order valence-electron chi connectivity index (χ0n) is 15.2. The summed E-state index contributed by atoms with van der Waals surface area (Å²) in [6.07, 6.45) is -4.60. The minimum atomic E-state index is -4.60. The van der Waals surface area contributed by atoms with Gasteiger partial charge < -0.3 is 19.5 Å². The first-order chi connectivity index (χ1) is 13.7. The highest BCUT2D eigenvalue weighted by Crippen LogP contribution is 2.35. The number of amides is 1. The monoisotopic (exact) mass is 475 g/mol. The molecule has 1 N–H and O–H groups in total. The Balaban J connectivity index is 2.08. The summed E-state index contributed by atoms with van der Waals surface area (Å²) in [5, 5.41) is 2.28. The normalized spacial score (nSPS) is 11.1. The van der Waals surface area contributed by atoms with Crippen LogP contribution in [0.4, 0.5) is 18.9 Å². The molecule has 0 aliphatic rings. The van der Waals surface area contributed by atoms with Gasteiger partial charge in [-0.05, 0) is 46.3 Å². The second-order valence-electron chi connectivity index (χ2n) is 5.65. The van der Waals surface area contributed by atoms with Gasteiger partial charge in [-0.15, -0.1) is 0 Å². The van der Waals surface area contributed by atoms with E-state index >= 15 is 0 Å². The Kier molecular flexibility index (Phi) is 8.03. The van der Waals surface area contributed by atoms with Gasteiger partial charge in [0.25, 0.3) is 5.91 Å². The van der Waals surface area contributed by atoms with E-state index in [2.05, 4.69) is 21.2 Å². The summed E-state index contributed by atoms with van der Waals surface area (Å²) >= 11 is 3.19. The molecule has 0 bridgehead atoms. The number of hydrogen-bond donors (Lipinski definition) is 1. The number of carbonyl (C=O) groups is 2. The van der Waals surface area contributed by atoms with Crippen LogP contribution in [0.1, 0.15) is 15.9 Å². The van der Waals surface area contributed by atoms with Gasteiger partial charge in [-0.25, -0.2) is 4.79 Å². The summed E-state index contributed by atoms with van der Waals surface area (Å²) in [6, 6.07) is 9.13. The van der Waals surface area contributed by atoms with Crippen LogP contribution in [0, 0.1) is 0 Å². The van der Waals surface area contributed by atoms with Gasteiger partial charge in [0, 0.05) is 11.6 Å². The molecule has 0 saturated carbocycles. The predicted molar refractivity (Wildman–Crippen MR) is 102 cm³/mol. The molecule has 0 unspecified atom stereocenters. The largest absolute Gasteiger partial charge is 0.489 e. The van der Waals surface area contributed by atoms with Crippen LogP contribution in [0.25, 0.3) is 0 Å². The van der Waals surface area contributed by atoms with Gasteiger partial charge in [0.2, 0.25) is 0 Å². The lowest BCUT2D eigenvalue weighted by Crippen LogP contribution is -2.22. The van der Waals surface area contributed by atoms with Crippen molar-refractivity contribution in [2.45, 2.75) is 6.18 Å². The molecule has 0 aliphatic carbocycles. The Bertz CT molecular complexity index is 873. The summed E-state index contributed by atoms with van der Waals surface area (Å²) < 4.78 is 54.5. The average Bonchev–Trinajstić information content (AvgIpc) is 2.67. The second kappa shape index (κ2) is 10.3. The fourth-order valence-corrected chi connectivity index (χ4v) is 2.63. The fraction of sp³-hybridized carbons (Fsp3) is 0.263. The molecule has 156 valence electrons. The Morgan fingerprint density at radius 3 is 2.48 bits per heavy atom. The van der Waals surface area contributed by atoms with E-state index in [-0.39, 0.29) is 30.2 Å². The van der Waals surface area contributed by atoms with Gasteiger partial charge in [0.1, 0.15) is 12.4 Å². The molecule has 0 aliphatic heterocycles. The first-order valence-electron chi connectivity index (χ1n) is 8.27. The van der Waals surface area contributed by atoms with Crippen molar-refractivity contribution in [3.8, 4) is 5.75 Å². The summed E-state index contributed by atoms with van der Waals surface area (Å²) in [5.74, 6) is -1.55.